The normalized spacial score (nSPS) is 19.5. The minimum atomic E-state index is -0.294. The fourth-order valence-electron chi connectivity index (χ4n) is 1.79. The van der Waals surface area contributed by atoms with E-state index in [4.69, 9.17) is 5.26 Å². The number of nitrogens with zero attached hydrogens (tertiary/aromatic N) is 3. The van der Waals surface area contributed by atoms with E-state index in [1.54, 1.807) is 23.2 Å². The highest BCUT2D eigenvalue weighted by molar-refractivity contribution is 9.10. The van der Waals surface area contributed by atoms with Crippen LogP contribution >= 0.6 is 15.9 Å². The standard InChI is InChI=1S/C11H10BrN3O/c12-8-3-4-10(14-7-8)11(16)15-5-1-2-9(15)6-13/h3-4,7,9H,1-2,5H2. The van der Waals surface area contributed by atoms with E-state index in [2.05, 4.69) is 27.0 Å². The van der Waals surface area contributed by atoms with E-state index < -0.39 is 0 Å². The molecule has 2 heterocycles. The van der Waals surface area contributed by atoms with Crippen LogP contribution in [-0.2, 0) is 0 Å². The molecule has 1 aromatic heterocycles. The molecule has 1 atom stereocenters. The van der Waals surface area contributed by atoms with E-state index in [9.17, 15) is 4.79 Å². The van der Waals surface area contributed by atoms with Gasteiger partial charge in [-0.1, -0.05) is 0 Å². The average Bonchev–Trinajstić information content (AvgIpc) is 2.77. The van der Waals surface area contributed by atoms with Gasteiger partial charge in [-0.15, -0.1) is 0 Å². The van der Waals surface area contributed by atoms with E-state index >= 15 is 0 Å². The third-order valence-corrected chi connectivity index (χ3v) is 3.08. The number of hydrogen-bond donors (Lipinski definition) is 0. The number of carbonyl (C=O) groups is 1. The first-order valence-electron chi connectivity index (χ1n) is 5.04. The fourth-order valence-corrected chi connectivity index (χ4v) is 2.03. The minimum absolute atomic E-state index is 0.156. The summed E-state index contributed by atoms with van der Waals surface area (Å²) in [5.41, 5.74) is 0.394. The Morgan fingerprint density at radius 1 is 1.62 bits per heavy atom. The van der Waals surface area contributed by atoms with Crippen LogP contribution in [0.1, 0.15) is 23.3 Å². The van der Waals surface area contributed by atoms with Gasteiger partial charge >= 0.3 is 0 Å². The molecule has 1 fully saturated rings. The SMILES string of the molecule is N#CC1CCCN1C(=O)c1ccc(Br)cn1. The summed E-state index contributed by atoms with van der Waals surface area (Å²) in [4.78, 5) is 17.7. The smallest absolute Gasteiger partial charge is 0.273 e. The number of aromatic nitrogens is 1. The maximum absolute atomic E-state index is 12.0. The third kappa shape index (κ3) is 2.07. The van der Waals surface area contributed by atoms with Crippen LogP contribution in [-0.4, -0.2) is 28.4 Å². The van der Waals surface area contributed by atoms with Gasteiger partial charge in [-0.05, 0) is 40.9 Å². The monoisotopic (exact) mass is 279 g/mol. The molecule has 1 unspecified atom stereocenters. The Hall–Kier alpha value is -1.41. The molecule has 0 saturated carbocycles. The molecule has 16 heavy (non-hydrogen) atoms. The van der Waals surface area contributed by atoms with Gasteiger partial charge in [0.2, 0.25) is 0 Å². The Kier molecular flexibility index (Phi) is 3.20. The number of halogens is 1. The Morgan fingerprint density at radius 3 is 3.06 bits per heavy atom. The second-order valence-electron chi connectivity index (χ2n) is 3.65. The molecule has 0 aromatic carbocycles. The van der Waals surface area contributed by atoms with Gasteiger partial charge in [0.25, 0.3) is 5.91 Å². The highest BCUT2D eigenvalue weighted by atomic mass is 79.9. The van der Waals surface area contributed by atoms with Crippen LogP contribution in [0.2, 0.25) is 0 Å². The number of pyridine rings is 1. The van der Waals surface area contributed by atoms with E-state index in [-0.39, 0.29) is 11.9 Å². The number of nitriles is 1. The van der Waals surface area contributed by atoms with Gasteiger partial charge in [0.05, 0.1) is 6.07 Å². The van der Waals surface area contributed by atoms with Crippen LogP contribution in [0.25, 0.3) is 0 Å². The highest BCUT2D eigenvalue weighted by Crippen LogP contribution is 2.19. The molecule has 1 saturated heterocycles. The molecule has 5 heteroatoms. The van der Waals surface area contributed by atoms with Gasteiger partial charge in [-0.2, -0.15) is 5.26 Å². The van der Waals surface area contributed by atoms with Crippen molar-refractivity contribution in [2.24, 2.45) is 0 Å². The second kappa shape index (κ2) is 4.62. The Balaban J connectivity index is 2.19. The Bertz CT molecular complexity index is 438. The Morgan fingerprint density at radius 2 is 2.44 bits per heavy atom. The Labute approximate surface area is 102 Å². The van der Waals surface area contributed by atoms with Crippen LogP contribution in [0.4, 0.5) is 0 Å². The summed E-state index contributed by atoms with van der Waals surface area (Å²) in [7, 11) is 0. The van der Waals surface area contributed by atoms with Gasteiger partial charge < -0.3 is 4.90 Å². The zero-order valence-electron chi connectivity index (χ0n) is 8.56. The number of likely N-dealkylation sites (tertiary alicyclic amines) is 1. The van der Waals surface area contributed by atoms with E-state index in [1.807, 2.05) is 0 Å². The lowest BCUT2D eigenvalue weighted by Crippen LogP contribution is -2.35. The van der Waals surface area contributed by atoms with Crippen molar-refractivity contribution in [3.05, 3.63) is 28.5 Å². The molecule has 0 radical (unpaired) electrons. The largest absolute Gasteiger partial charge is 0.321 e. The maximum Gasteiger partial charge on any atom is 0.273 e. The third-order valence-electron chi connectivity index (χ3n) is 2.61. The molecule has 1 aromatic rings. The summed E-state index contributed by atoms with van der Waals surface area (Å²) in [5, 5.41) is 8.90. The van der Waals surface area contributed by atoms with Crippen molar-refractivity contribution in [1.82, 2.24) is 9.88 Å². The van der Waals surface area contributed by atoms with Gasteiger partial charge in [0.1, 0.15) is 11.7 Å². The predicted octanol–water partition coefficient (Wildman–Crippen LogP) is 1.97. The van der Waals surface area contributed by atoms with Crippen LogP contribution in [0, 0.1) is 11.3 Å². The molecule has 1 aliphatic heterocycles. The van der Waals surface area contributed by atoms with Crippen LogP contribution < -0.4 is 0 Å². The van der Waals surface area contributed by atoms with Crippen molar-refractivity contribution in [2.75, 3.05) is 6.54 Å². The summed E-state index contributed by atoms with van der Waals surface area (Å²) in [6, 6.07) is 5.29. The van der Waals surface area contributed by atoms with E-state index in [0.29, 0.717) is 12.2 Å². The minimum Gasteiger partial charge on any atom is -0.321 e. The van der Waals surface area contributed by atoms with Gasteiger partial charge in [0.15, 0.2) is 0 Å². The molecule has 4 nitrogen and oxygen atoms in total. The van der Waals surface area contributed by atoms with Gasteiger partial charge in [-0.3, -0.25) is 4.79 Å². The van der Waals surface area contributed by atoms with Gasteiger partial charge in [0, 0.05) is 17.2 Å². The number of hydrogen-bond acceptors (Lipinski definition) is 3. The highest BCUT2D eigenvalue weighted by Gasteiger charge is 2.29. The summed E-state index contributed by atoms with van der Waals surface area (Å²) < 4.78 is 0.835. The van der Waals surface area contributed by atoms with Crippen LogP contribution in [0.5, 0.6) is 0 Å². The van der Waals surface area contributed by atoms with E-state index in [0.717, 1.165) is 17.3 Å². The molecule has 0 N–H and O–H groups in total. The molecule has 0 spiro atoms. The summed E-state index contributed by atoms with van der Waals surface area (Å²) in [5.74, 6) is -0.156. The van der Waals surface area contributed by atoms with E-state index in [1.165, 1.54) is 0 Å². The van der Waals surface area contributed by atoms with Crippen molar-refractivity contribution in [3.8, 4) is 6.07 Å². The molecule has 0 aliphatic carbocycles. The molecular weight excluding hydrogens is 270 g/mol. The number of carbonyl (C=O) groups excluding carboxylic acids is 1. The quantitative estimate of drug-likeness (QED) is 0.790. The first-order chi connectivity index (χ1) is 7.72. The average molecular weight is 280 g/mol. The summed E-state index contributed by atoms with van der Waals surface area (Å²) in [6.07, 6.45) is 3.24. The topological polar surface area (TPSA) is 57.0 Å². The lowest BCUT2D eigenvalue weighted by atomic mass is 10.2. The molecule has 1 amide bonds. The van der Waals surface area contributed by atoms with Gasteiger partial charge in [-0.25, -0.2) is 4.98 Å². The predicted molar refractivity (Wildman–Crippen MR) is 61.6 cm³/mol. The summed E-state index contributed by atoms with van der Waals surface area (Å²) >= 11 is 3.26. The van der Waals surface area contributed by atoms with Crippen molar-refractivity contribution in [2.45, 2.75) is 18.9 Å². The summed E-state index contributed by atoms with van der Waals surface area (Å²) in [6.45, 7) is 0.648. The first-order valence-corrected chi connectivity index (χ1v) is 5.84. The zero-order chi connectivity index (χ0) is 11.5. The van der Waals surface area contributed by atoms with Crippen LogP contribution in [0.15, 0.2) is 22.8 Å². The molecule has 1 aliphatic rings. The molecule has 2 rings (SSSR count). The van der Waals surface area contributed by atoms with Crippen LogP contribution in [0.3, 0.4) is 0 Å². The van der Waals surface area contributed by atoms with Crippen molar-refractivity contribution in [3.63, 3.8) is 0 Å². The zero-order valence-corrected chi connectivity index (χ0v) is 10.1. The fraction of sp³-hybridized carbons (Fsp3) is 0.364. The number of rotatable bonds is 1. The lowest BCUT2D eigenvalue weighted by Gasteiger charge is -2.18. The maximum atomic E-state index is 12.0. The van der Waals surface area contributed by atoms with Crippen molar-refractivity contribution >= 4 is 21.8 Å². The van der Waals surface area contributed by atoms with Crippen molar-refractivity contribution < 1.29 is 4.79 Å². The molecule has 82 valence electrons. The lowest BCUT2D eigenvalue weighted by molar-refractivity contribution is 0.0759. The van der Waals surface area contributed by atoms with Crippen molar-refractivity contribution in [1.29, 1.82) is 5.26 Å². The molecule has 0 bridgehead atoms. The number of amides is 1. The molecular formula is C11H10BrN3O. The second-order valence-corrected chi connectivity index (χ2v) is 4.56. The first kappa shape index (κ1) is 11.1.